The molecule has 0 saturated heterocycles. The Hall–Kier alpha value is -2.89. The van der Waals surface area contributed by atoms with Gasteiger partial charge in [0.2, 0.25) is 0 Å². The number of carbonyl (C=O) groups excluding carboxylic acids is 1. The first kappa shape index (κ1) is 17.0. The third-order valence-corrected chi connectivity index (χ3v) is 4.67. The Morgan fingerprint density at radius 3 is 2.52 bits per heavy atom. The Morgan fingerprint density at radius 2 is 1.88 bits per heavy atom. The lowest BCUT2D eigenvalue weighted by Gasteiger charge is -2.27. The summed E-state index contributed by atoms with van der Waals surface area (Å²) in [5.74, 6) is -0.346. The third-order valence-electron chi connectivity index (χ3n) is 4.67. The van der Waals surface area contributed by atoms with Crippen molar-refractivity contribution in [1.82, 2.24) is 0 Å². The second kappa shape index (κ2) is 6.20. The predicted octanol–water partition coefficient (Wildman–Crippen LogP) is 2.86. The van der Waals surface area contributed by atoms with Crippen LogP contribution in [0.5, 0.6) is 28.7 Å². The maximum atomic E-state index is 12.9. The SMILES string of the molecule is COc1ccc(CC2COc3c(C)c(O)c(C)c(O)c3C2=O)c(O)c1. The zero-order valence-electron chi connectivity index (χ0n) is 14.3. The third kappa shape index (κ3) is 2.73. The van der Waals surface area contributed by atoms with Crippen molar-refractivity contribution in [2.45, 2.75) is 20.3 Å². The molecule has 3 N–H and O–H groups in total. The molecule has 0 aromatic heterocycles. The van der Waals surface area contributed by atoms with E-state index in [1.54, 1.807) is 26.0 Å². The summed E-state index contributed by atoms with van der Waals surface area (Å²) in [7, 11) is 1.51. The quantitative estimate of drug-likeness (QED) is 0.792. The van der Waals surface area contributed by atoms with E-state index in [1.807, 2.05) is 0 Å². The number of benzene rings is 2. The van der Waals surface area contributed by atoms with Gasteiger partial charge in [0, 0.05) is 17.2 Å². The summed E-state index contributed by atoms with van der Waals surface area (Å²) in [5.41, 5.74) is 1.38. The van der Waals surface area contributed by atoms with E-state index in [-0.39, 0.29) is 52.9 Å². The molecule has 132 valence electrons. The standard InChI is InChI=1S/C19H20O6/c1-9-16(21)10(2)19-15(17(9)22)18(23)12(8-25-19)6-11-4-5-13(24-3)7-14(11)20/h4-5,7,12,20-22H,6,8H2,1-3H3. The van der Waals surface area contributed by atoms with Gasteiger partial charge in [0.25, 0.3) is 0 Å². The van der Waals surface area contributed by atoms with Crippen molar-refractivity contribution in [3.63, 3.8) is 0 Å². The number of carbonyl (C=O) groups is 1. The summed E-state index contributed by atoms with van der Waals surface area (Å²) >= 11 is 0. The summed E-state index contributed by atoms with van der Waals surface area (Å²) in [6.45, 7) is 3.30. The molecule has 0 radical (unpaired) electrons. The van der Waals surface area contributed by atoms with E-state index < -0.39 is 5.92 Å². The molecule has 0 bridgehead atoms. The van der Waals surface area contributed by atoms with E-state index >= 15 is 0 Å². The second-order valence-electron chi connectivity index (χ2n) is 6.22. The van der Waals surface area contributed by atoms with Gasteiger partial charge in [-0.15, -0.1) is 0 Å². The number of phenolic OH excluding ortho intramolecular Hbond substituents is 3. The highest BCUT2D eigenvalue weighted by Crippen LogP contribution is 2.45. The number of methoxy groups -OCH3 is 1. The van der Waals surface area contributed by atoms with Crippen LogP contribution in [0.2, 0.25) is 0 Å². The van der Waals surface area contributed by atoms with Gasteiger partial charge in [0.05, 0.1) is 19.6 Å². The van der Waals surface area contributed by atoms with Crippen LogP contribution in [-0.4, -0.2) is 34.8 Å². The second-order valence-corrected chi connectivity index (χ2v) is 6.22. The molecule has 3 rings (SSSR count). The zero-order chi connectivity index (χ0) is 18.3. The van der Waals surface area contributed by atoms with Crippen LogP contribution >= 0.6 is 0 Å². The number of hydrogen-bond donors (Lipinski definition) is 3. The Bertz CT molecular complexity index is 856. The van der Waals surface area contributed by atoms with E-state index in [2.05, 4.69) is 0 Å². The molecule has 0 amide bonds. The molecule has 1 heterocycles. The molecule has 2 aromatic carbocycles. The van der Waals surface area contributed by atoms with Gasteiger partial charge in [-0.3, -0.25) is 4.79 Å². The van der Waals surface area contributed by atoms with Crippen molar-refractivity contribution in [3.05, 3.63) is 40.5 Å². The molecule has 2 aromatic rings. The summed E-state index contributed by atoms with van der Waals surface area (Å²) in [5, 5.41) is 30.4. The number of hydrogen-bond acceptors (Lipinski definition) is 6. The molecule has 0 fully saturated rings. The van der Waals surface area contributed by atoms with Crippen molar-refractivity contribution < 1.29 is 29.6 Å². The van der Waals surface area contributed by atoms with Gasteiger partial charge >= 0.3 is 0 Å². The average Bonchev–Trinajstić information content (AvgIpc) is 2.61. The smallest absolute Gasteiger partial charge is 0.177 e. The van der Waals surface area contributed by atoms with Crippen molar-refractivity contribution in [3.8, 4) is 28.7 Å². The lowest BCUT2D eigenvalue weighted by atomic mass is 9.86. The fourth-order valence-electron chi connectivity index (χ4n) is 3.12. The Labute approximate surface area is 145 Å². The van der Waals surface area contributed by atoms with Crippen molar-refractivity contribution in [1.29, 1.82) is 0 Å². The van der Waals surface area contributed by atoms with Gasteiger partial charge in [-0.1, -0.05) is 6.07 Å². The van der Waals surface area contributed by atoms with E-state index in [1.165, 1.54) is 13.2 Å². The highest BCUT2D eigenvalue weighted by molar-refractivity contribution is 6.05. The average molecular weight is 344 g/mol. The summed E-state index contributed by atoms with van der Waals surface area (Å²) < 4.78 is 10.7. The largest absolute Gasteiger partial charge is 0.508 e. The first-order valence-corrected chi connectivity index (χ1v) is 7.93. The van der Waals surface area contributed by atoms with Crippen molar-refractivity contribution in [2.24, 2.45) is 5.92 Å². The lowest BCUT2D eigenvalue weighted by Crippen LogP contribution is -2.30. The van der Waals surface area contributed by atoms with Gasteiger partial charge in [-0.25, -0.2) is 0 Å². The predicted molar refractivity (Wildman–Crippen MR) is 90.9 cm³/mol. The summed E-state index contributed by atoms with van der Waals surface area (Å²) in [6.07, 6.45) is 0.270. The number of phenols is 3. The van der Waals surface area contributed by atoms with Crippen LogP contribution in [0.1, 0.15) is 27.0 Å². The number of Topliss-reactive ketones (excluding diaryl/α,β-unsaturated/α-hetero) is 1. The molecule has 6 nitrogen and oxygen atoms in total. The van der Waals surface area contributed by atoms with E-state index in [4.69, 9.17) is 9.47 Å². The number of ether oxygens (including phenoxy) is 2. The van der Waals surface area contributed by atoms with Crippen LogP contribution in [0.4, 0.5) is 0 Å². The van der Waals surface area contributed by atoms with Gasteiger partial charge in [-0.05, 0) is 31.9 Å². The lowest BCUT2D eigenvalue weighted by molar-refractivity contribution is 0.0824. The molecule has 1 atom stereocenters. The summed E-state index contributed by atoms with van der Waals surface area (Å²) in [6, 6.07) is 4.90. The van der Waals surface area contributed by atoms with Crippen LogP contribution in [0.15, 0.2) is 18.2 Å². The van der Waals surface area contributed by atoms with Crippen molar-refractivity contribution in [2.75, 3.05) is 13.7 Å². The number of aromatic hydroxyl groups is 3. The molecular formula is C19H20O6. The number of ketones is 1. The Morgan fingerprint density at radius 1 is 1.16 bits per heavy atom. The highest BCUT2D eigenvalue weighted by atomic mass is 16.5. The van der Waals surface area contributed by atoms with Crippen LogP contribution in [-0.2, 0) is 6.42 Å². The van der Waals surface area contributed by atoms with E-state index in [9.17, 15) is 20.1 Å². The molecule has 0 saturated carbocycles. The van der Waals surface area contributed by atoms with Crippen LogP contribution in [0, 0.1) is 19.8 Å². The maximum absolute atomic E-state index is 12.9. The van der Waals surface area contributed by atoms with Crippen LogP contribution < -0.4 is 9.47 Å². The minimum atomic E-state index is -0.541. The topological polar surface area (TPSA) is 96.2 Å². The van der Waals surface area contributed by atoms with Gasteiger partial charge in [0.15, 0.2) is 5.78 Å². The van der Waals surface area contributed by atoms with Crippen LogP contribution in [0.25, 0.3) is 0 Å². The van der Waals surface area contributed by atoms with E-state index in [0.29, 0.717) is 16.9 Å². The van der Waals surface area contributed by atoms with Crippen LogP contribution in [0.3, 0.4) is 0 Å². The fraction of sp³-hybridized carbons (Fsp3) is 0.316. The normalized spacial score (nSPS) is 16.3. The highest BCUT2D eigenvalue weighted by Gasteiger charge is 2.35. The van der Waals surface area contributed by atoms with Gasteiger partial charge < -0.3 is 24.8 Å². The Balaban J connectivity index is 1.95. The fourth-order valence-corrected chi connectivity index (χ4v) is 3.12. The minimum absolute atomic E-state index is 0.0419. The molecule has 6 heteroatoms. The molecule has 0 aliphatic carbocycles. The molecular weight excluding hydrogens is 324 g/mol. The monoisotopic (exact) mass is 344 g/mol. The number of rotatable bonds is 3. The molecule has 25 heavy (non-hydrogen) atoms. The van der Waals surface area contributed by atoms with E-state index in [0.717, 1.165) is 0 Å². The minimum Gasteiger partial charge on any atom is -0.508 e. The van der Waals surface area contributed by atoms with Gasteiger partial charge in [0.1, 0.15) is 34.3 Å². The molecule has 0 spiro atoms. The molecule has 1 aliphatic heterocycles. The first-order chi connectivity index (χ1) is 11.8. The summed E-state index contributed by atoms with van der Waals surface area (Å²) in [4.78, 5) is 12.9. The Kier molecular flexibility index (Phi) is 4.20. The molecule has 1 aliphatic rings. The first-order valence-electron chi connectivity index (χ1n) is 7.93. The van der Waals surface area contributed by atoms with Gasteiger partial charge in [-0.2, -0.15) is 0 Å². The molecule has 1 unspecified atom stereocenters. The maximum Gasteiger partial charge on any atom is 0.177 e. The number of fused-ring (bicyclic) bond motifs is 1. The zero-order valence-corrected chi connectivity index (χ0v) is 14.3. The van der Waals surface area contributed by atoms with Crippen molar-refractivity contribution >= 4 is 5.78 Å².